The summed E-state index contributed by atoms with van der Waals surface area (Å²) >= 11 is 1.47. The fourth-order valence-corrected chi connectivity index (χ4v) is 3.85. The molecule has 0 saturated heterocycles. The average molecular weight is 409 g/mol. The van der Waals surface area contributed by atoms with E-state index in [0.717, 1.165) is 4.88 Å². The van der Waals surface area contributed by atoms with E-state index in [-0.39, 0.29) is 22.8 Å². The van der Waals surface area contributed by atoms with Crippen LogP contribution in [0.3, 0.4) is 0 Å². The van der Waals surface area contributed by atoms with Gasteiger partial charge in [0, 0.05) is 22.7 Å². The summed E-state index contributed by atoms with van der Waals surface area (Å²) in [7, 11) is 0. The molecule has 146 valence electrons. The number of benzene rings is 1. The van der Waals surface area contributed by atoms with E-state index in [1.54, 1.807) is 24.3 Å². The number of nitrogens with zero attached hydrogens (tertiary/aromatic N) is 3. The molecule has 3 aromatic heterocycles. The van der Waals surface area contributed by atoms with E-state index in [1.165, 1.54) is 35.8 Å². The molecule has 0 aliphatic carbocycles. The number of aliphatic hydroxyl groups excluding tert-OH is 1. The van der Waals surface area contributed by atoms with Gasteiger partial charge in [0.2, 0.25) is 5.78 Å². The first kappa shape index (κ1) is 18.8. The molecule has 9 heteroatoms. The molecule has 1 aromatic carbocycles. The van der Waals surface area contributed by atoms with Crippen molar-refractivity contribution in [2.75, 3.05) is 0 Å². The number of fused-ring (bicyclic) bond motifs is 1. The van der Waals surface area contributed by atoms with Crippen LogP contribution in [-0.4, -0.2) is 25.2 Å². The van der Waals surface area contributed by atoms with Gasteiger partial charge in [0.1, 0.15) is 0 Å². The van der Waals surface area contributed by atoms with Crippen molar-refractivity contribution in [2.45, 2.75) is 13.5 Å². The summed E-state index contributed by atoms with van der Waals surface area (Å²) in [6, 6.07) is 7.77. The number of imidazole rings is 1. The number of furan rings is 1. The number of aliphatic hydroxyl groups is 1. The highest BCUT2D eigenvalue weighted by Gasteiger charge is 2.19. The topological polar surface area (TPSA) is 111 Å². The highest BCUT2D eigenvalue weighted by Crippen LogP contribution is 2.32. The molecular formula is C20H15N3O5S. The van der Waals surface area contributed by atoms with E-state index in [9.17, 15) is 20.0 Å². The molecule has 0 unspecified atom stereocenters. The number of hydrogen-bond acceptors (Lipinski definition) is 7. The molecule has 0 aliphatic rings. The zero-order chi connectivity index (χ0) is 20.5. The molecule has 0 radical (unpaired) electrons. The zero-order valence-electron chi connectivity index (χ0n) is 15.2. The number of thiazole rings is 1. The first-order chi connectivity index (χ1) is 14.0. The van der Waals surface area contributed by atoms with Crippen molar-refractivity contribution in [2.24, 2.45) is 0 Å². The summed E-state index contributed by atoms with van der Waals surface area (Å²) in [6.07, 6.45) is 6.32. The van der Waals surface area contributed by atoms with Gasteiger partial charge in [-0.25, -0.2) is 4.98 Å². The lowest BCUT2D eigenvalue weighted by Gasteiger charge is -2.04. The minimum atomic E-state index is -0.534. The zero-order valence-corrected chi connectivity index (χ0v) is 16.0. The van der Waals surface area contributed by atoms with Crippen LogP contribution in [0.1, 0.15) is 26.7 Å². The Bertz CT molecular complexity index is 1250. The molecule has 0 fully saturated rings. The molecule has 0 aliphatic heterocycles. The van der Waals surface area contributed by atoms with Crippen molar-refractivity contribution >= 4 is 33.8 Å². The summed E-state index contributed by atoms with van der Waals surface area (Å²) in [6.45, 7) is 1.51. The highest BCUT2D eigenvalue weighted by molar-refractivity contribution is 7.17. The van der Waals surface area contributed by atoms with Crippen molar-refractivity contribution in [3.63, 3.8) is 0 Å². The maximum atomic E-state index is 12.3. The Kier molecular flexibility index (Phi) is 4.83. The smallest absolute Gasteiger partial charge is 0.275 e. The summed E-state index contributed by atoms with van der Waals surface area (Å²) in [5, 5.41) is 20.7. The third kappa shape index (κ3) is 3.48. The van der Waals surface area contributed by atoms with E-state index >= 15 is 0 Å². The largest absolute Gasteiger partial charge is 0.461 e. The number of rotatable bonds is 6. The van der Waals surface area contributed by atoms with Crippen molar-refractivity contribution < 1.29 is 19.2 Å². The number of nitro groups is 1. The quantitative estimate of drug-likeness (QED) is 0.220. The van der Waals surface area contributed by atoms with Gasteiger partial charge in [-0.2, -0.15) is 0 Å². The molecule has 0 bridgehead atoms. The Balaban J connectivity index is 1.84. The Hall–Kier alpha value is -3.56. The Morgan fingerprint density at radius 2 is 2.24 bits per heavy atom. The molecule has 0 amide bonds. The molecule has 0 atom stereocenters. The van der Waals surface area contributed by atoms with Crippen LogP contribution in [0.2, 0.25) is 0 Å². The molecule has 0 saturated carbocycles. The minimum absolute atomic E-state index is 0.181. The summed E-state index contributed by atoms with van der Waals surface area (Å²) in [5.41, 5.74) is 1.69. The van der Waals surface area contributed by atoms with Crippen molar-refractivity contribution in [1.82, 2.24) is 9.38 Å². The van der Waals surface area contributed by atoms with Crippen LogP contribution in [0.5, 0.6) is 0 Å². The van der Waals surface area contributed by atoms with Crippen LogP contribution >= 0.6 is 11.3 Å². The number of carbonyl (C=O) groups is 1. The van der Waals surface area contributed by atoms with Crippen LogP contribution in [0.15, 0.2) is 53.3 Å². The Morgan fingerprint density at radius 1 is 1.41 bits per heavy atom. The van der Waals surface area contributed by atoms with Crippen molar-refractivity contribution in [3.05, 3.63) is 80.9 Å². The predicted octanol–water partition coefficient (Wildman–Crippen LogP) is 4.26. The molecule has 29 heavy (non-hydrogen) atoms. The van der Waals surface area contributed by atoms with Gasteiger partial charge in [0.05, 0.1) is 34.7 Å². The lowest BCUT2D eigenvalue weighted by Crippen LogP contribution is -1.97. The molecular weight excluding hydrogens is 394 g/mol. The van der Waals surface area contributed by atoms with Gasteiger partial charge in [0.25, 0.3) is 5.69 Å². The minimum Gasteiger partial charge on any atom is -0.461 e. The predicted molar refractivity (Wildman–Crippen MR) is 108 cm³/mol. The number of hydrogen-bond donors (Lipinski definition) is 1. The lowest BCUT2D eigenvalue weighted by atomic mass is 10.1. The standard InChI is InChI=1S/C20H15N3O5S/c1-12-10-22-15(6-7-17(25)18-3-2-8-28-18)19(21-20(22)29-12)13-4-5-14(11-24)16(9-13)23(26)27/h2-10,24H,11H2,1H3/b7-6+. The normalized spacial score (nSPS) is 11.5. The number of aromatic nitrogens is 2. The van der Waals surface area contributed by atoms with Gasteiger partial charge in [-0.05, 0) is 37.3 Å². The SMILES string of the molecule is Cc1cn2c(/C=C/C(=O)c3ccco3)c(-c3ccc(CO)c([N+](=O)[O-])c3)nc2s1. The molecule has 8 nitrogen and oxygen atoms in total. The van der Waals surface area contributed by atoms with Gasteiger partial charge in [-0.1, -0.05) is 6.07 Å². The van der Waals surface area contributed by atoms with Gasteiger partial charge < -0.3 is 9.52 Å². The number of nitro benzene ring substituents is 1. The Labute approximate surface area is 168 Å². The van der Waals surface area contributed by atoms with Crippen LogP contribution < -0.4 is 0 Å². The number of ketones is 1. The maximum absolute atomic E-state index is 12.3. The molecule has 1 N–H and O–H groups in total. The van der Waals surface area contributed by atoms with Gasteiger partial charge in [-0.3, -0.25) is 19.3 Å². The second-order valence-electron chi connectivity index (χ2n) is 6.27. The van der Waals surface area contributed by atoms with E-state index in [4.69, 9.17) is 4.42 Å². The highest BCUT2D eigenvalue weighted by atomic mass is 32.1. The summed E-state index contributed by atoms with van der Waals surface area (Å²) in [5.74, 6) is -0.0857. The lowest BCUT2D eigenvalue weighted by molar-refractivity contribution is -0.385. The average Bonchev–Trinajstić information content (AvgIpc) is 3.42. The van der Waals surface area contributed by atoms with E-state index in [2.05, 4.69) is 4.98 Å². The van der Waals surface area contributed by atoms with Gasteiger partial charge in [-0.15, -0.1) is 11.3 Å². The second kappa shape index (κ2) is 7.46. The van der Waals surface area contributed by atoms with Crippen molar-refractivity contribution in [3.8, 4) is 11.3 Å². The van der Waals surface area contributed by atoms with Gasteiger partial charge in [0.15, 0.2) is 10.7 Å². The van der Waals surface area contributed by atoms with Crippen LogP contribution in [0.25, 0.3) is 22.3 Å². The monoisotopic (exact) mass is 409 g/mol. The van der Waals surface area contributed by atoms with Crippen LogP contribution in [-0.2, 0) is 6.61 Å². The Morgan fingerprint density at radius 3 is 2.93 bits per heavy atom. The summed E-state index contributed by atoms with van der Waals surface area (Å²) in [4.78, 5) is 29.5. The molecule has 0 spiro atoms. The molecule has 3 heterocycles. The maximum Gasteiger partial charge on any atom is 0.275 e. The third-order valence-electron chi connectivity index (χ3n) is 4.36. The second-order valence-corrected chi connectivity index (χ2v) is 7.49. The summed E-state index contributed by atoms with van der Waals surface area (Å²) < 4.78 is 6.96. The first-order valence-corrected chi connectivity index (χ1v) is 9.42. The number of aryl methyl sites for hydroxylation is 1. The number of allylic oxidation sites excluding steroid dienone is 1. The molecule has 4 rings (SSSR count). The van der Waals surface area contributed by atoms with Crippen molar-refractivity contribution in [1.29, 1.82) is 0 Å². The fourth-order valence-electron chi connectivity index (χ4n) is 3.01. The van der Waals surface area contributed by atoms with E-state index in [0.29, 0.717) is 21.9 Å². The van der Waals surface area contributed by atoms with Crippen LogP contribution in [0.4, 0.5) is 5.69 Å². The van der Waals surface area contributed by atoms with E-state index in [1.807, 2.05) is 17.5 Å². The van der Waals surface area contributed by atoms with Crippen LogP contribution in [0, 0.1) is 17.0 Å². The first-order valence-electron chi connectivity index (χ1n) is 8.61. The third-order valence-corrected chi connectivity index (χ3v) is 5.26. The van der Waals surface area contributed by atoms with Gasteiger partial charge >= 0.3 is 0 Å². The molecule has 4 aromatic rings. The number of carbonyl (C=O) groups excluding carboxylic acids is 1. The fraction of sp³-hybridized carbons (Fsp3) is 0.100. The van der Waals surface area contributed by atoms with E-state index < -0.39 is 11.5 Å².